The Bertz CT molecular complexity index is 414. The molecule has 1 aromatic rings. The van der Waals surface area contributed by atoms with Crippen LogP contribution in [0.25, 0.3) is 0 Å². The van der Waals surface area contributed by atoms with Gasteiger partial charge in [-0.1, -0.05) is 0 Å². The normalized spacial score (nSPS) is 17.3. The summed E-state index contributed by atoms with van der Waals surface area (Å²) in [5.41, 5.74) is 8.32. The largest absolute Gasteiger partial charge is 0.368 e. The van der Waals surface area contributed by atoms with E-state index >= 15 is 0 Å². The Labute approximate surface area is 107 Å². The van der Waals surface area contributed by atoms with E-state index in [1.165, 1.54) is 19.3 Å². The maximum atomic E-state index is 5.61. The maximum absolute atomic E-state index is 5.61. The van der Waals surface area contributed by atoms with Crippen molar-refractivity contribution >= 4 is 17.6 Å². The SMILES string of the molecule is CN(C)C1(CNc2cc(NN)nc(N)n2)CCC1. The Kier molecular flexibility index (Phi) is 3.53. The Hall–Kier alpha value is -1.60. The van der Waals surface area contributed by atoms with Gasteiger partial charge >= 0.3 is 0 Å². The van der Waals surface area contributed by atoms with E-state index in [1.807, 2.05) is 0 Å². The second kappa shape index (κ2) is 4.95. The van der Waals surface area contributed by atoms with E-state index in [0.29, 0.717) is 11.6 Å². The van der Waals surface area contributed by atoms with Crippen molar-refractivity contribution < 1.29 is 0 Å². The number of rotatable bonds is 5. The van der Waals surface area contributed by atoms with Gasteiger partial charge in [0.05, 0.1) is 0 Å². The highest BCUT2D eigenvalue weighted by Crippen LogP contribution is 2.36. The molecule has 7 heteroatoms. The number of nitrogens with one attached hydrogen (secondary N) is 2. The summed E-state index contributed by atoms with van der Waals surface area (Å²) < 4.78 is 0. The zero-order valence-corrected chi connectivity index (χ0v) is 10.9. The van der Waals surface area contributed by atoms with Gasteiger partial charge in [-0.3, -0.25) is 0 Å². The van der Waals surface area contributed by atoms with Crippen molar-refractivity contribution in [3.05, 3.63) is 6.07 Å². The molecule has 7 nitrogen and oxygen atoms in total. The van der Waals surface area contributed by atoms with Gasteiger partial charge in [-0.15, -0.1) is 0 Å². The summed E-state index contributed by atoms with van der Waals surface area (Å²) in [6.07, 6.45) is 3.69. The lowest BCUT2D eigenvalue weighted by molar-refractivity contribution is 0.0738. The molecule has 1 fully saturated rings. The first kappa shape index (κ1) is 12.8. The van der Waals surface area contributed by atoms with Crippen molar-refractivity contribution in [3.8, 4) is 0 Å². The van der Waals surface area contributed by atoms with E-state index in [0.717, 1.165) is 6.54 Å². The van der Waals surface area contributed by atoms with Crippen LogP contribution in [0.4, 0.5) is 17.6 Å². The van der Waals surface area contributed by atoms with Crippen LogP contribution >= 0.6 is 0 Å². The summed E-state index contributed by atoms with van der Waals surface area (Å²) >= 11 is 0. The molecule has 0 aromatic carbocycles. The highest BCUT2D eigenvalue weighted by Gasteiger charge is 2.38. The predicted octanol–water partition coefficient (Wildman–Crippen LogP) is 0.241. The molecule has 6 N–H and O–H groups in total. The van der Waals surface area contributed by atoms with Gasteiger partial charge in [0.25, 0.3) is 0 Å². The fourth-order valence-corrected chi connectivity index (χ4v) is 2.25. The average molecular weight is 251 g/mol. The van der Waals surface area contributed by atoms with Gasteiger partial charge in [-0.2, -0.15) is 9.97 Å². The average Bonchev–Trinajstić information content (AvgIpc) is 2.26. The number of nitrogens with two attached hydrogens (primary N) is 2. The van der Waals surface area contributed by atoms with Crippen LogP contribution in [0.1, 0.15) is 19.3 Å². The molecule has 1 aliphatic rings. The minimum Gasteiger partial charge on any atom is -0.368 e. The minimum absolute atomic E-state index is 0.209. The zero-order valence-electron chi connectivity index (χ0n) is 10.9. The summed E-state index contributed by atoms with van der Waals surface area (Å²) in [7, 11) is 4.23. The molecule has 2 rings (SSSR count). The first-order chi connectivity index (χ1) is 8.55. The molecule has 0 unspecified atom stereocenters. The molecule has 1 heterocycles. The highest BCUT2D eigenvalue weighted by atomic mass is 15.3. The molecule has 0 bridgehead atoms. The first-order valence-electron chi connectivity index (χ1n) is 6.08. The van der Waals surface area contributed by atoms with E-state index < -0.39 is 0 Å². The highest BCUT2D eigenvalue weighted by molar-refractivity contribution is 5.50. The number of anilines is 3. The van der Waals surface area contributed by atoms with Crippen molar-refractivity contribution in [3.63, 3.8) is 0 Å². The van der Waals surface area contributed by atoms with Crippen molar-refractivity contribution in [2.24, 2.45) is 5.84 Å². The lowest BCUT2D eigenvalue weighted by atomic mass is 9.75. The molecule has 0 atom stereocenters. The molecule has 0 aliphatic heterocycles. The fourth-order valence-electron chi connectivity index (χ4n) is 2.25. The summed E-state index contributed by atoms with van der Waals surface area (Å²) in [6.45, 7) is 0.848. The molecular weight excluding hydrogens is 230 g/mol. The van der Waals surface area contributed by atoms with Crippen LogP contribution in [0.5, 0.6) is 0 Å². The second-order valence-corrected chi connectivity index (χ2v) is 4.97. The smallest absolute Gasteiger partial charge is 0.223 e. The van der Waals surface area contributed by atoms with Crippen LogP contribution in [0.3, 0.4) is 0 Å². The van der Waals surface area contributed by atoms with Crippen LogP contribution < -0.4 is 22.3 Å². The zero-order chi connectivity index (χ0) is 13.2. The van der Waals surface area contributed by atoms with Gasteiger partial charge < -0.3 is 21.4 Å². The summed E-state index contributed by atoms with van der Waals surface area (Å²) in [4.78, 5) is 10.4. The summed E-state index contributed by atoms with van der Waals surface area (Å²) in [5, 5.41) is 3.32. The van der Waals surface area contributed by atoms with Crippen molar-refractivity contribution in [2.75, 3.05) is 37.1 Å². The molecule has 0 amide bonds. The third-order valence-corrected chi connectivity index (χ3v) is 3.72. The van der Waals surface area contributed by atoms with E-state index in [9.17, 15) is 0 Å². The van der Waals surface area contributed by atoms with Gasteiger partial charge in [0.2, 0.25) is 5.95 Å². The number of hydrogen-bond acceptors (Lipinski definition) is 7. The second-order valence-electron chi connectivity index (χ2n) is 4.97. The minimum atomic E-state index is 0.209. The summed E-state index contributed by atoms with van der Waals surface area (Å²) in [5.74, 6) is 6.74. The van der Waals surface area contributed by atoms with Gasteiger partial charge in [0.1, 0.15) is 11.6 Å². The van der Waals surface area contributed by atoms with E-state index in [2.05, 4.69) is 39.7 Å². The van der Waals surface area contributed by atoms with Crippen molar-refractivity contribution in [2.45, 2.75) is 24.8 Å². The molecule has 0 spiro atoms. The Morgan fingerprint density at radius 3 is 2.50 bits per heavy atom. The number of hydrogen-bond donors (Lipinski definition) is 4. The number of hydrazine groups is 1. The molecule has 18 heavy (non-hydrogen) atoms. The van der Waals surface area contributed by atoms with Crippen LogP contribution in [0.15, 0.2) is 6.07 Å². The fraction of sp³-hybridized carbons (Fsp3) is 0.636. The molecule has 100 valence electrons. The van der Waals surface area contributed by atoms with Gasteiger partial charge in [0.15, 0.2) is 0 Å². The van der Waals surface area contributed by atoms with Gasteiger partial charge in [-0.25, -0.2) is 5.84 Å². The lowest BCUT2D eigenvalue weighted by Gasteiger charge is -2.47. The van der Waals surface area contributed by atoms with Crippen LogP contribution in [-0.4, -0.2) is 41.0 Å². The van der Waals surface area contributed by atoms with E-state index in [-0.39, 0.29) is 11.5 Å². The Morgan fingerprint density at radius 2 is 2.00 bits per heavy atom. The first-order valence-corrected chi connectivity index (χ1v) is 6.08. The third-order valence-electron chi connectivity index (χ3n) is 3.72. The van der Waals surface area contributed by atoms with Crippen molar-refractivity contribution in [1.29, 1.82) is 0 Å². The van der Waals surface area contributed by atoms with Crippen molar-refractivity contribution in [1.82, 2.24) is 14.9 Å². The topological polar surface area (TPSA) is 105 Å². The molecule has 1 saturated carbocycles. The molecule has 0 saturated heterocycles. The standard InChI is InChI=1S/C11H21N7/c1-18(2)11(4-3-5-11)7-14-8-6-9(17-13)16-10(12)15-8/h6H,3-5,7,13H2,1-2H3,(H4,12,14,15,16,17). The Morgan fingerprint density at radius 1 is 1.33 bits per heavy atom. The number of aromatic nitrogens is 2. The van der Waals surface area contributed by atoms with Crippen LogP contribution in [0.2, 0.25) is 0 Å². The van der Waals surface area contributed by atoms with Crippen LogP contribution in [-0.2, 0) is 0 Å². The van der Waals surface area contributed by atoms with E-state index in [4.69, 9.17) is 11.6 Å². The molecule has 0 radical (unpaired) electrons. The quantitative estimate of drug-likeness (QED) is 0.439. The third kappa shape index (κ3) is 2.46. The number of nitrogens with zero attached hydrogens (tertiary/aromatic N) is 3. The summed E-state index contributed by atoms with van der Waals surface area (Å²) in [6, 6.07) is 1.75. The monoisotopic (exact) mass is 251 g/mol. The Balaban J connectivity index is 2.03. The molecule has 1 aliphatic carbocycles. The van der Waals surface area contributed by atoms with Gasteiger partial charge in [-0.05, 0) is 33.4 Å². The van der Waals surface area contributed by atoms with E-state index in [1.54, 1.807) is 6.07 Å². The number of nitrogen functional groups attached to an aromatic ring is 2. The molecular formula is C11H21N7. The molecule has 1 aromatic heterocycles. The number of likely N-dealkylation sites (N-methyl/N-ethyl adjacent to an activating group) is 1. The maximum Gasteiger partial charge on any atom is 0.223 e. The lowest BCUT2D eigenvalue weighted by Crippen LogP contribution is -2.54. The van der Waals surface area contributed by atoms with Crippen LogP contribution in [0, 0.1) is 0 Å². The van der Waals surface area contributed by atoms with Gasteiger partial charge in [0, 0.05) is 18.2 Å². The predicted molar refractivity (Wildman–Crippen MR) is 73.0 cm³/mol.